The summed E-state index contributed by atoms with van der Waals surface area (Å²) in [7, 11) is 2.15. The first-order valence-electron chi connectivity index (χ1n) is 11.4. The number of rotatable bonds is 7. The monoisotopic (exact) mass is 463 g/mol. The second-order valence-corrected chi connectivity index (χ2v) is 9.83. The number of H-pyrrole nitrogens is 1. The molecule has 0 radical (unpaired) electrons. The van der Waals surface area contributed by atoms with Gasteiger partial charge in [-0.1, -0.05) is 0 Å². The minimum absolute atomic E-state index is 0.119. The van der Waals surface area contributed by atoms with E-state index in [4.69, 9.17) is 9.97 Å². The van der Waals surface area contributed by atoms with Crippen LogP contribution in [0.2, 0.25) is 0 Å². The number of hydrogen-bond acceptors (Lipinski definition) is 7. The first kappa shape index (κ1) is 21.8. The molecule has 1 saturated heterocycles. The largest absolute Gasteiger partial charge is 0.354 e. The zero-order valence-electron chi connectivity index (χ0n) is 19.0. The SMILES string of the molecule is Cc1c[nH]c(Nc2cc(N3CCN(C)CC3)nc(Sc3ccc(NC(=O)C4CC4)cc3)n2)c1. The van der Waals surface area contributed by atoms with Crippen molar-refractivity contribution in [2.75, 3.05) is 48.8 Å². The zero-order chi connectivity index (χ0) is 22.8. The number of hydrogen-bond donors (Lipinski definition) is 3. The Morgan fingerprint density at radius 1 is 1.09 bits per heavy atom. The van der Waals surface area contributed by atoms with Gasteiger partial charge in [-0.3, -0.25) is 4.79 Å². The van der Waals surface area contributed by atoms with Crippen LogP contribution in [0.4, 0.5) is 23.1 Å². The number of aromatic amines is 1. The van der Waals surface area contributed by atoms with Crippen molar-refractivity contribution in [3.8, 4) is 0 Å². The van der Waals surface area contributed by atoms with Gasteiger partial charge >= 0.3 is 0 Å². The summed E-state index contributed by atoms with van der Waals surface area (Å²) in [6.45, 7) is 5.95. The Bertz CT molecular complexity index is 1120. The predicted octanol–water partition coefficient (Wildman–Crippen LogP) is 4.11. The minimum atomic E-state index is 0.119. The van der Waals surface area contributed by atoms with Gasteiger partial charge < -0.3 is 25.4 Å². The van der Waals surface area contributed by atoms with Gasteiger partial charge in [-0.25, -0.2) is 9.97 Å². The second kappa shape index (κ2) is 9.44. The molecule has 2 fully saturated rings. The molecule has 3 heterocycles. The number of amides is 1. The van der Waals surface area contributed by atoms with E-state index >= 15 is 0 Å². The van der Waals surface area contributed by atoms with E-state index in [1.54, 1.807) is 0 Å². The number of anilines is 4. The van der Waals surface area contributed by atoms with E-state index in [0.29, 0.717) is 5.16 Å². The Balaban J connectivity index is 1.35. The van der Waals surface area contributed by atoms with E-state index in [1.807, 2.05) is 36.5 Å². The number of likely N-dealkylation sites (N-methyl/N-ethyl adjacent to an activating group) is 1. The van der Waals surface area contributed by atoms with Gasteiger partial charge in [0, 0.05) is 54.9 Å². The Hall–Kier alpha value is -3.04. The van der Waals surface area contributed by atoms with Crippen LogP contribution in [-0.2, 0) is 4.79 Å². The Kier molecular flexibility index (Phi) is 6.24. The van der Waals surface area contributed by atoms with Crippen molar-refractivity contribution in [3.63, 3.8) is 0 Å². The fourth-order valence-electron chi connectivity index (χ4n) is 3.73. The molecule has 0 atom stereocenters. The van der Waals surface area contributed by atoms with Crippen LogP contribution in [0.5, 0.6) is 0 Å². The zero-order valence-corrected chi connectivity index (χ0v) is 19.8. The lowest BCUT2D eigenvalue weighted by Crippen LogP contribution is -2.44. The molecule has 8 nitrogen and oxygen atoms in total. The normalized spacial score (nSPS) is 16.6. The summed E-state index contributed by atoms with van der Waals surface area (Å²) in [5.41, 5.74) is 1.99. The number of piperazine rings is 1. The molecule has 2 aliphatic rings. The number of carbonyl (C=O) groups excluding carboxylic acids is 1. The molecule has 1 aliphatic carbocycles. The highest BCUT2D eigenvalue weighted by atomic mass is 32.2. The van der Waals surface area contributed by atoms with Crippen molar-refractivity contribution in [2.24, 2.45) is 5.92 Å². The van der Waals surface area contributed by atoms with Crippen molar-refractivity contribution >= 4 is 40.8 Å². The molecule has 1 amide bonds. The van der Waals surface area contributed by atoms with Crippen LogP contribution in [-0.4, -0.2) is 59.0 Å². The van der Waals surface area contributed by atoms with Crippen LogP contribution in [0.25, 0.3) is 0 Å². The standard InChI is InChI=1S/C24H29N7OS/c1-16-13-20(25-15-16)27-21-14-22(31-11-9-30(2)10-12-31)29-24(28-21)33-19-7-5-18(6-8-19)26-23(32)17-3-4-17/h5-8,13-15,17,25H,3-4,9-12H2,1-2H3,(H,26,32)(H,27,28,29). The lowest BCUT2D eigenvalue weighted by Gasteiger charge is -2.33. The predicted molar refractivity (Wildman–Crippen MR) is 132 cm³/mol. The summed E-state index contributed by atoms with van der Waals surface area (Å²) in [6.07, 6.45) is 3.96. The lowest BCUT2D eigenvalue weighted by molar-refractivity contribution is -0.117. The maximum atomic E-state index is 12.0. The van der Waals surface area contributed by atoms with Gasteiger partial charge in [-0.15, -0.1) is 0 Å². The molecular weight excluding hydrogens is 434 g/mol. The number of nitrogens with zero attached hydrogens (tertiary/aromatic N) is 4. The molecule has 1 aromatic carbocycles. The van der Waals surface area contributed by atoms with Crippen LogP contribution in [0, 0.1) is 12.8 Å². The molecule has 1 saturated carbocycles. The smallest absolute Gasteiger partial charge is 0.227 e. The maximum absolute atomic E-state index is 12.0. The topological polar surface area (TPSA) is 89.2 Å². The molecule has 3 aromatic rings. The summed E-state index contributed by atoms with van der Waals surface area (Å²) in [5.74, 6) is 2.91. The highest BCUT2D eigenvalue weighted by molar-refractivity contribution is 7.99. The minimum Gasteiger partial charge on any atom is -0.354 e. The van der Waals surface area contributed by atoms with Crippen LogP contribution in [0.15, 0.2) is 52.6 Å². The van der Waals surface area contributed by atoms with Crippen molar-refractivity contribution in [2.45, 2.75) is 29.8 Å². The number of benzene rings is 1. The Labute approximate surface area is 198 Å². The van der Waals surface area contributed by atoms with Gasteiger partial charge in [-0.05, 0) is 74.5 Å². The molecule has 0 unspecified atom stereocenters. The quantitative estimate of drug-likeness (QED) is 0.455. The third-order valence-corrected chi connectivity index (χ3v) is 6.76. The van der Waals surface area contributed by atoms with Gasteiger partial charge in [0.1, 0.15) is 17.5 Å². The van der Waals surface area contributed by atoms with E-state index in [1.165, 1.54) is 11.8 Å². The van der Waals surface area contributed by atoms with Gasteiger partial charge in [0.15, 0.2) is 5.16 Å². The first-order chi connectivity index (χ1) is 16.0. The van der Waals surface area contributed by atoms with E-state index in [0.717, 1.165) is 72.6 Å². The van der Waals surface area contributed by atoms with Crippen molar-refractivity contribution < 1.29 is 4.79 Å². The van der Waals surface area contributed by atoms with Crippen LogP contribution >= 0.6 is 11.8 Å². The van der Waals surface area contributed by atoms with Crippen LogP contribution in [0.3, 0.4) is 0 Å². The molecule has 0 spiro atoms. The molecule has 3 N–H and O–H groups in total. The lowest BCUT2D eigenvalue weighted by atomic mass is 10.3. The van der Waals surface area contributed by atoms with Gasteiger partial charge in [0.2, 0.25) is 5.91 Å². The summed E-state index contributed by atoms with van der Waals surface area (Å²) in [4.78, 5) is 30.5. The van der Waals surface area contributed by atoms with Crippen molar-refractivity contribution in [3.05, 3.63) is 48.2 Å². The maximum Gasteiger partial charge on any atom is 0.227 e. The van der Waals surface area contributed by atoms with Crippen molar-refractivity contribution in [1.82, 2.24) is 19.9 Å². The summed E-state index contributed by atoms with van der Waals surface area (Å²) >= 11 is 1.52. The molecule has 172 valence electrons. The molecule has 2 aromatic heterocycles. The molecule has 5 rings (SSSR count). The third-order valence-electron chi connectivity index (χ3n) is 5.89. The average Bonchev–Trinajstić information content (AvgIpc) is 3.58. The van der Waals surface area contributed by atoms with Gasteiger partial charge in [0.25, 0.3) is 0 Å². The summed E-state index contributed by atoms with van der Waals surface area (Å²) in [5, 5.41) is 7.05. The van der Waals surface area contributed by atoms with Gasteiger partial charge in [-0.2, -0.15) is 0 Å². The highest BCUT2D eigenvalue weighted by Gasteiger charge is 2.29. The molecule has 9 heteroatoms. The first-order valence-corrected chi connectivity index (χ1v) is 12.2. The van der Waals surface area contributed by atoms with Crippen LogP contribution in [0.1, 0.15) is 18.4 Å². The summed E-state index contributed by atoms with van der Waals surface area (Å²) in [6, 6.07) is 11.9. The van der Waals surface area contributed by atoms with Crippen molar-refractivity contribution in [1.29, 1.82) is 0 Å². The number of aromatic nitrogens is 3. The van der Waals surface area contributed by atoms with E-state index in [9.17, 15) is 4.79 Å². The number of nitrogens with one attached hydrogen (secondary N) is 3. The highest BCUT2D eigenvalue weighted by Crippen LogP contribution is 2.32. The fraction of sp³-hybridized carbons (Fsp3) is 0.375. The molecule has 0 bridgehead atoms. The third kappa shape index (κ3) is 5.66. The van der Waals surface area contributed by atoms with Gasteiger partial charge in [0.05, 0.1) is 0 Å². The van der Waals surface area contributed by atoms with Crippen LogP contribution < -0.4 is 15.5 Å². The number of carbonyl (C=O) groups is 1. The number of aryl methyl sites for hydroxylation is 1. The fourth-order valence-corrected chi connectivity index (χ4v) is 4.50. The van der Waals surface area contributed by atoms with E-state index in [2.05, 4.69) is 45.5 Å². The average molecular weight is 464 g/mol. The Morgan fingerprint density at radius 2 is 1.85 bits per heavy atom. The van der Waals surface area contributed by atoms with E-state index < -0.39 is 0 Å². The van der Waals surface area contributed by atoms with E-state index in [-0.39, 0.29) is 11.8 Å². The molecular formula is C24H29N7OS. The molecule has 33 heavy (non-hydrogen) atoms. The second-order valence-electron chi connectivity index (χ2n) is 8.79. The molecule has 1 aliphatic heterocycles. The Morgan fingerprint density at radius 3 is 2.52 bits per heavy atom. The summed E-state index contributed by atoms with van der Waals surface area (Å²) < 4.78 is 0.